The minimum atomic E-state index is 0.894. The maximum atomic E-state index is 5.21. The van der Waals surface area contributed by atoms with Crippen LogP contribution >= 0.6 is 0 Å². The molecule has 56 heavy (non-hydrogen) atoms. The maximum Gasteiger partial charge on any atom is 0.0972 e. The average molecular weight is 714 g/mol. The van der Waals surface area contributed by atoms with E-state index in [2.05, 4.69) is 163 Å². The first-order chi connectivity index (χ1) is 27.7. The monoisotopic (exact) mass is 713 g/mol. The number of hydrogen-bond acceptors (Lipinski definition) is 5. The van der Waals surface area contributed by atoms with Crippen LogP contribution in [0.4, 0.5) is 0 Å². The molecule has 5 nitrogen and oxygen atoms in total. The van der Waals surface area contributed by atoms with Gasteiger partial charge in [0.15, 0.2) is 0 Å². The molecule has 0 fully saturated rings. The standard InChI is InChI=1S/C51H31N5/c1-2-6-32(7-3-1)44-23-20-35-14-15-36-21-24-46(56-51(36)50(35)55-44)40-9-4-8-39(28-40)45-22-18-33-12-16-37(29-48(33)53-45)38-17-13-34-19-25-47(54-49(34)30-38)43-11-5-10-41-31-52-27-26-42(41)43/h1-31H. The summed E-state index contributed by atoms with van der Waals surface area (Å²) in [6, 6.07) is 61.3. The molecular formula is C51H31N5. The number of fused-ring (bicyclic) bond motifs is 6. The first-order valence-electron chi connectivity index (χ1n) is 18.7. The number of rotatable bonds is 5. The Hall–Kier alpha value is -7.63. The molecule has 0 aliphatic heterocycles. The molecule has 6 aromatic carbocycles. The Balaban J connectivity index is 0.940. The molecule has 5 aromatic heterocycles. The molecule has 0 spiro atoms. The van der Waals surface area contributed by atoms with Crippen LogP contribution in [0.5, 0.6) is 0 Å². The second-order valence-corrected chi connectivity index (χ2v) is 14.2. The molecule has 0 saturated carbocycles. The lowest BCUT2D eigenvalue weighted by molar-refractivity contribution is 1.36. The molecule has 0 unspecified atom stereocenters. The van der Waals surface area contributed by atoms with E-state index in [1.807, 2.05) is 30.6 Å². The second-order valence-electron chi connectivity index (χ2n) is 14.2. The van der Waals surface area contributed by atoms with Crippen LogP contribution < -0.4 is 0 Å². The van der Waals surface area contributed by atoms with Crippen molar-refractivity contribution in [2.24, 2.45) is 0 Å². The minimum absolute atomic E-state index is 0.894. The van der Waals surface area contributed by atoms with Crippen molar-refractivity contribution in [3.05, 3.63) is 188 Å². The Morgan fingerprint density at radius 1 is 0.304 bits per heavy atom. The topological polar surface area (TPSA) is 64.5 Å². The smallest absolute Gasteiger partial charge is 0.0972 e. The van der Waals surface area contributed by atoms with E-state index in [0.29, 0.717) is 0 Å². The van der Waals surface area contributed by atoms with Gasteiger partial charge in [0, 0.05) is 61.6 Å². The Morgan fingerprint density at radius 3 is 1.50 bits per heavy atom. The molecule has 5 heteroatoms. The van der Waals surface area contributed by atoms with Crippen molar-refractivity contribution in [3.63, 3.8) is 0 Å². The van der Waals surface area contributed by atoms with Gasteiger partial charge in [-0.05, 0) is 65.0 Å². The van der Waals surface area contributed by atoms with Gasteiger partial charge in [-0.3, -0.25) is 4.98 Å². The van der Waals surface area contributed by atoms with E-state index >= 15 is 0 Å². The molecule has 0 radical (unpaired) electrons. The van der Waals surface area contributed by atoms with Gasteiger partial charge in [-0.25, -0.2) is 19.9 Å². The van der Waals surface area contributed by atoms with Crippen molar-refractivity contribution < 1.29 is 0 Å². The lowest BCUT2D eigenvalue weighted by Crippen LogP contribution is -1.92. The summed E-state index contributed by atoms with van der Waals surface area (Å²) < 4.78 is 0. The highest BCUT2D eigenvalue weighted by molar-refractivity contribution is 6.04. The van der Waals surface area contributed by atoms with Crippen LogP contribution in [0.15, 0.2) is 188 Å². The van der Waals surface area contributed by atoms with Gasteiger partial charge >= 0.3 is 0 Å². The van der Waals surface area contributed by atoms with Crippen molar-refractivity contribution >= 4 is 54.4 Å². The van der Waals surface area contributed by atoms with Gasteiger partial charge in [0.2, 0.25) is 0 Å². The largest absolute Gasteiger partial charge is 0.264 e. The van der Waals surface area contributed by atoms with E-state index in [4.69, 9.17) is 19.9 Å². The molecule has 0 saturated heterocycles. The van der Waals surface area contributed by atoms with Crippen LogP contribution in [0.3, 0.4) is 0 Å². The van der Waals surface area contributed by atoms with Crippen molar-refractivity contribution in [1.82, 2.24) is 24.9 Å². The van der Waals surface area contributed by atoms with E-state index in [1.54, 1.807) is 0 Å². The zero-order chi connectivity index (χ0) is 37.0. The van der Waals surface area contributed by atoms with Crippen LogP contribution in [-0.2, 0) is 0 Å². The summed E-state index contributed by atoms with van der Waals surface area (Å²) >= 11 is 0. The predicted octanol–water partition coefficient (Wildman–Crippen LogP) is 12.8. The first kappa shape index (κ1) is 31.9. The van der Waals surface area contributed by atoms with Gasteiger partial charge in [0.25, 0.3) is 0 Å². The highest BCUT2D eigenvalue weighted by Crippen LogP contribution is 2.33. The van der Waals surface area contributed by atoms with E-state index in [1.165, 1.54) is 0 Å². The molecule has 0 amide bonds. The van der Waals surface area contributed by atoms with Crippen molar-refractivity contribution in [1.29, 1.82) is 0 Å². The van der Waals surface area contributed by atoms with Crippen molar-refractivity contribution in [2.75, 3.05) is 0 Å². The Morgan fingerprint density at radius 2 is 0.821 bits per heavy atom. The van der Waals surface area contributed by atoms with Crippen LogP contribution in [-0.4, -0.2) is 24.9 Å². The number of pyridine rings is 5. The van der Waals surface area contributed by atoms with Crippen LogP contribution in [0.2, 0.25) is 0 Å². The molecule has 260 valence electrons. The average Bonchev–Trinajstić information content (AvgIpc) is 3.28. The second kappa shape index (κ2) is 13.0. The Labute approximate surface area is 322 Å². The predicted molar refractivity (Wildman–Crippen MR) is 230 cm³/mol. The maximum absolute atomic E-state index is 5.21. The lowest BCUT2D eigenvalue weighted by atomic mass is 9.99. The molecular weight excluding hydrogens is 683 g/mol. The zero-order valence-electron chi connectivity index (χ0n) is 30.1. The molecule has 0 aliphatic rings. The summed E-state index contributed by atoms with van der Waals surface area (Å²) in [7, 11) is 0. The number of hydrogen-bond donors (Lipinski definition) is 0. The zero-order valence-corrected chi connectivity index (χ0v) is 30.1. The van der Waals surface area contributed by atoms with Crippen LogP contribution in [0, 0.1) is 0 Å². The number of aromatic nitrogens is 5. The van der Waals surface area contributed by atoms with Crippen LogP contribution in [0.25, 0.3) is 111 Å². The van der Waals surface area contributed by atoms with Gasteiger partial charge in [0.1, 0.15) is 0 Å². The summed E-state index contributed by atoms with van der Waals surface area (Å²) in [5.41, 5.74) is 13.8. The van der Waals surface area contributed by atoms with E-state index in [9.17, 15) is 0 Å². The first-order valence-corrected chi connectivity index (χ1v) is 18.7. The SMILES string of the molecule is c1ccc(-c2ccc3ccc4ccc(-c5cccc(-c6ccc7ccc(-c8ccc9ccc(-c%10cccc%11cnccc%10%11)nc9c8)cc7n6)c5)nc4c3n2)cc1. The third kappa shape index (κ3) is 5.62. The van der Waals surface area contributed by atoms with Crippen molar-refractivity contribution in [3.8, 4) is 56.2 Å². The molecule has 11 aromatic rings. The fourth-order valence-electron chi connectivity index (χ4n) is 7.79. The van der Waals surface area contributed by atoms with Gasteiger partial charge in [-0.15, -0.1) is 0 Å². The third-order valence-corrected chi connectivity index (χ3v) is 10.7. The summed E-state index contributed by atoms with van der Waals surface area (Å²) in [5.74, 6) is 0. The Kier molecular flexibility index (Phi) is 7.42. The third-order valence-electron chi connectivity index (χ3n) is 10.7. The number of benzene rings is 6. The minimum Gasteiger partial charge on any atom is -0.264 e. The highest BCUT2D eigenvalue weighted by Gasteiger charge is 2.12. The summed E-state index contributed by atoms with van der Waals surface area (Å²) in [5, 5.41) is 6.56. The fraction of sp³-hybridized carbons (Fsp3) is 0. The highest BCUT2D eigenvalue weighted by atomic mass is 14.8. The molecule has 0 atom stereocenters. The Bertz CT molecular complexity index is 3310. The van der Waals surface area contributed by atoms with E-state index < -0.39 is 0 Å². The molecule has 5 heterocycles. The number of nitrogens with zero attached hydrogens (tertiary/aromatic N) is 5. The quantitative estimate of drug-likeness (QED) is 0.166. The normalized spacial score (nSPS) is 11.6. The molecule has 0 aliphatic carbocycles. The van der Waals surface area contributed by atoms with Gasteiger partial charge in [-0.2, -0.15) is 0 Å². The molecule has 11 rings (SSSR count). The lowest BCUT2D eigenvalue weighted by Gasteiger charge is -2.10. The van der Waals surface area contributed by atoms with Gasteiger partial charge < -0.3 is 0 Å². The molecule has 0 N–H and O–H groups in total. The van der Waals surface area contributed by atoms with Gasteiger partial charge in [0.05, 0.1) is 44.8 Å². The van der Waals surface area contributed by atoms with E-state index in [-0.39, 0.29) is 0 Å². The summed E-state index contributed by atoms with van der Waals surface area (Å²) in [6.45, 7) is 0. The summed E-state index contributed by atoms with van der Waals surface area (Å²) in [4.78, 5) is 24.9. The van der Waals surface area contributed by atoms with Crippen molar-refractivity contribution in [2.45, 2.75) is 0 Å². The fourth-order valence-corrected chi connectivity index (χ4v) is 7.79. The summed E-state index contributed by atoms with van der Waals surface area (Å²) in [6.07, 6.45) is 3.74. The van der Waals surface area contributed by atoms with E-state index in [0.717, 1.165) is 111 Å². The van der Waals surface area contributed by atoms with Gasteiger partial charge in [-0.1, -0.05) is 127 Å². The molecule has 0 bridgehead atoms. The van der Waals surface area contributed by atoms with Crippen LogP contribution in [0.1, 0.15) is 0 Å².